The minimum Gasteiger partial charge on any atom is -0.259 e. The van der Waals surface area contributed by atoms with E-state index in [9.17, 15) is 0 Å². The van der Waals surface area contributed by atoms with Crippen LogP contribution in [0.25, 0.3) is 37.1 Å². The van der Waals surface area contributed by atoms with Crippen LogP contribution < -0.4 is 0 Å². The molecule has 0 fully saturated rings. The maximum absolute atomic E-state index is 7.17. The highest BCUT2D eigenvalue weighted by Crippen LogP contribution is 2.38. The molecule has 0 unspecified atom stereocenters. The van der Waals surface area contributed by atoms with Gasteiger partial charge in [-0.1, -0.05) is 36.4 Å². The summed E-state index contributed by atoms with van der Waals surface area (Å²) >= 11 is 1.49. The number of hydrogen-bond acceptors (Lipinski definition) is 2. The second kappa shape index (κ2) is 4.44. The normalized spacial score (nSPS) is 11.0. The fraction of sp³-hybridized carbons (Fsp3) is 0.0588. The Morgan fingerprint density at radius 1 is 1.10 bits per heavy atom. The lowest BCUT2D eigenvalue weighted by Crippen LogP contribution is -1.88. The number of benzene rings is 2. The molecule has 0 atom stereocenters. The van der Waals surface area contributed by atoms with Crippen molar-refractivity contribution in [3.8, 4) is 11.3 Å². The van der Waals surface area contributed by atoms with E-state index in [4.69, 9.17) is 6.57 Å². The maximum atomic E-state index is 7.17. The molecule has 0 radical (unpaired) electrons. The molecule has 0 aliphatic rings. The summed E-state index contributed by atoms with van der Waals surface area (Å²) in [4.78, 5) is 4.58. The Bertz CT molecular complexity index is 1020. The molecule has 0 spiro atoms. The van der Waals surface area contributed by atoms with Crippen molar-refractivity contribution in [1.29, 1.82) is 0 Å². The number of thiophene rings is 1. The third-order valence-corrected chi connectivity index (χ3v) is 4.73. The number of hydrogen-bond donors (Lipinski definition) is 0. The number of nitrogens with zero attached hydrogens (tertiary/aromatic N) is 3. The lowest BCUT2D eigenvalue weighted by Gasteiger charge is -2.01. The molecule has 0 saturated heterocycles. The van der Waals surface area contributed by atoms with Crippen molar-refractivity contribution in [2.75, 3.05) is 0 Å². The van der Waals surface area contributed by atoms with Crippen LogP contribution in [-0.4, -0.2) is 9.78 Å². The lowest BCUT2D eigenvalue weighted by atomic mass is 10.0. The highest BCUT2D eigenvalue weighted by molar-refractivity contribution is 7.22. The van der Waals surface area contributed by atoms with Crippen molar-refractivity contribution in [2.24, 2.45) is 7.05 Å². The van der Waals surface area contributed by atoms with E-state index in [2.05, 4.69) is 40.3 Å². The Morgan fingerprint density at radius 2 is 1.90 bits per heavy atom. The van der Waals surface area contributed by atoms with Crippen molar-refractivity contribution in [1.82, 2.24) is 9.78 Å². The average molecular weight is 289 g/mol. The molecule has 2 aromatic heterocycles. The van der Waals surface area contributed by atoms with Gasteiger partial charge in [0.1, 0.15) is 4.83 Å². The second-order valence-electron chi connectivity index (χ2n) is 4.95. The number of aromatic nitrogens is 2. The molecule has 3 nitrogen and oxygen atoms in total. The molecule has 0 aliphatic carbocycles. The fourth-order valence-corrected chi connectivity index (χ4v) is 3.49. The fourth-order valence-electron chi connectivity index (χ4n) is 2.63. The van der Waals surface area contributed by atoms with Gasteiger partial charge in [-0.3, -0.25) is 4.68 Å². The molecular formula is C17H11N3S. The molecule has 21 heavy (non-hydrogen) atoms. The standard InChI is InChI=1S/C17H11N3S/c1-18-15-10-14-16(19-20(2)17(14)21-15)13-8-7-11-5-3-4-6-12(11)9-13/h3-10H,2H3. The van der Waals surface area contributed by atoms with Crippen molar-refractivity contribution in [2.45, 2.75) is 0 Å². The third-order valence-electron chi connectivity index (χ3n) is 3.63. The summed E-state index contributed by atoms with van der Waals surface area (Å²) in [5.74, 6) is 0. The Balaban J connectivity index is 1.99. The largest absolute Gasteiger partial charge is 0.259 e. The first-order valence-electron chi connectivity index (χ1n) is 6.59. The minimum absolute atomic E-state index is 0.708. The van der Waals surface area contributed by atoms with Crippen molar-refractivity contribution in [3.63, 3.8) is 0 Å². The van der Waals surface area contributed by atoms with E-state index in [0.29, 0.717) is 5.00 Å². The molecule has 0 N–H and O–H groups in total. The predicted molar refractivity (Wildman–Crippen MR) is 87.8 cm³/mol. The van der Waals surface area contributed by atoms with Crippen LogP contribution in [0.4, 0.5) is 5.00 Å². The maximum Gasteiger partial charge on any atom is 0.243 e. The highest BCUT2D eigenvalue weighted by Gasteiger charge is 2.14. The highest BCUT2D eigenvalue weighted by atomic mass is 32.1. The van der Waals surface area contributed by atoms with Gasteiger partial charge in [-0.2, -0.15) is 5.10 Å². The topological polar surface area (TPSA) is 22.2 Å². The molecule has 2 aromatic carbocycles. The van der Waals surface area contributed by atoms with Crippen LogP contribution in [0.15, 0.2) is 48.5 Å². The molecule has 4 heteroatoms. The molecule has 4 rings (SSSR count). The van der Waals surface area contributed by atoms with Gasteiger partial charge in [0.25, 0.3) is 0 Å². The molecule has 4 aromatic rings. The van der Waals surface area contributed by atoms with Gasteiger partial charge in [0.2, 0.25) is 5.00 Å². The van der Waals surface area contributed by atoms with Crippen molar-refractivity contribution >= 4 is 37.3 Å². The smallest absolute Gasteiger partial charge is 0.243 e. The summed E-state index contributed by atoms with van der Waals surface area (Å²) < 4.78 is 1.86. The minimum atomic E-state index is 0.708. The zero-order valence-corrected chi connectivity index (χ0v) is 12.2. The Kier molecular flexibility index (Phi) is 2.56. The third kappa shape index (κ3) is 1.83. The summed E-state index contributed by atoms with van der Waals surface area (Å²) in [6, 6.07) is 16.6. The van der Waals surface area contributed by atoms with Crippen LogP contribution in [0.2, 0.25) is 0 Å². The molecule has 0 aliphatic heterocycles. The quantitative estimate of drug-likeness (QED) is 0.452. The summed E-state index contributed by atoms with van der Waals surface area (Å²) in [5.41, 5.74) is 2.04. The zero-order chi connectivity index (χ0) is 14.4. The van der Waals surface area contributed by atoms with Gasteiger partial charge in [0.05, 0.1) is 12.3 Å². The van der Waals surface area contributed by atoms with Gasteiger partial charge in [-0.15, -0.1) is 11.3 Å². The van der Waals surface area contributed by atoms with Crippen molar-refractivity contribution in [3.05, 3.63) is 59.9 Å². The van der Waals surface area contributed by atoms with Crippen LogP contribution in [0, 0.1) is 6.57 Å². The van der Waals surface area contributed by atoms with Gasteiger partial charge in [-0.25, -0.2) is 4.85 Å². The first kappa shape index (κ1) is 12.1. The molecule has 0 saturated carbocycles. The SMILES string of the molecule is [C-]#[N+]c1cc2c(-c3ccc4ccccc4c3)nn(C)c2s1. The van der Waals surface area contributed by atoms with Gasteiger partial charge in [0, 0.05) is 18.0 Å². The van der Waals surface area contributed by atoms with Gasteiger partial charge in [0.15, 0.2) is 0 Å². The van der Waals surface area contributed by atoms with Crippen LogP contribution in [-0.2, 0) is 7.05 Å². The molecule has 0 bridgehead atoms. The summed E-state index contributed by atoms with van der Waals surface area (Å²) in [7, 11) is 1.93. The molecule has 0 amide bonds. The van der Waals surface area contributed by atoms with E-state index < -0.39 is 0 Å². The van der Waals surface area contributed by atoms with E-state index in [1.165, 1.54) is 22.1 Å². The van der Waals surface area contributed by atoms with Gasteiger partial charge < -0.3 is 0 Å². The van der Waals surface area contributed by atoms with E-state index >= 15 is 0 Å². The number of fused-ring (bicyclic) bond motifs is 2. The van der Waals surface area contributed by atoms with Crippen LogP contribution in [0.5, 0.6) is 0 Å². The van der Waals surface area contributed by atoms with Crippen LogP contribution in [0.3, 0.4) is 0 Å². The lowest BCUT2D eigenvalue weighted by molar-refractivity contribution is 0.806. The Labute approximate surface area is 125 Å². The predicted octanol–water partition coefficient (Wildman–Crippen LogP) is 5.01. The number of aryl methyl sites for hydroxylation is 1. The summed E-state index contributed by atoms with van der Waals surface area (Å²) in [6.45, 7) is 7.17. The van der Waals surface area contributed by atoms with Gasteiger partial charge in [-0.05, 0) is 22.9 Å². The Morgan fingerprint density at radius 3 is 2.71 bits per heavy atom. The molecular weight excluding hydrogens is 278 g/mol. The van der Waals surface area contributed by atoms with Crippen LogP contribution in [0.1, 0.15) is 0 Å². The monoisotopic (exact) mass is 289 g/mol. The Hall–Kier alpha value is -2.64. The average Bonchev–Trinajstić information content (AvgIpc) is 3.07. The van der Waals surface area contributed by atoms with Gasteiger partial charge >= 0.3 is 0 Å². The summed E-state index contributed by atoms with van der Waals surface area (Å²) in [6.07, 6.45) is 0. The zero-order valence-electron chi connectivity index (χ0n) is 11.4. The second-order valence-corrected chi connectivity index (χ2v) is 5.96. The van der Waals surface area contributed by atoms with Crippen LogP contribution >= 0.6 is 11.3 Å². The molecule has 100 valence electrons. The van der Waals surface area contributed by atoms with E-state index in [1.54, 1.807) is 0 Å². The first-order chi connectivity index (χ1) is 10.3. The van der Waals surface area contributed by atoms with Crippen molar-refractivity contribution < 1.29 is 0 Å². The van der Waals surface area contributed by atoms with E-state index in [1.807, 2.05) is 29.9 Å². The number of rotatable bonds is 1. The van der Waals surface area contributed by atoms with E-state index in [-0.39, 0.29) is 0 Å². The summed E-state index contributed by atoms with van der Waals surface area (Å²) in [5, 5.41) is 8.82. The van der Waals surface area contributed by atoms with E-state index in [0.717, 1.165) is 21.5 Å². The molecule has 2 heterocycles. The first-order valence-corrected chi connectivity index (χ1v) is 7.41.